The third kappa shape index (κ3) is 5.83. The third-order valence-electron chi connectivity index (χ3n) is 5.06. The summed E-state index contributed by atoms with van der Waals surface area (Å²) in [6.45, 7) is 18.1. The van der Waals surface area contributed by atoms with Crippen molar-refractivity contribution in [2.45, 2.75) is 66.3 Å². The van der Waals surface area contributed by atoms with E-state index in [-0.39, 0.29) is 0 Å². The Kier molecular flexibility index (Phi) is 8.01. The van der Waals surface area contributed by atoms with E-state index in [9.17, 15) is 0 Å². The SMILES string of the molecule is CCC(CC)CN(CC)CC1CN1CC(CC)CC. The molecule has 2 heteroatoms. The quantitative estimate of drug-likeness (QED) is 0.525. The Morgan fingerprint density at radius 3 is 2.00 bits per heavy atom. The Balaban J connectivity index is 2.27. The van der Waals surface area contributed by atoms with Crippen molar-refractivity contribution in [1.82, 2.24) is 9.80 Å². The van der Waals surface area contributed by atoms with Gasteiger partial charge in [0.15, 0.2) is 0 Å². The topological polar surface area (TPSA) is 6.25 Å². The molecule has 19 heavy (non-hydrogen) atoms. The molecule has 0 spiro atoms. The lowest BCUT2D eigenvalue weighted by atomic mass is 10.0. The Bertz CT molecular complexity index is 221. The summed E-state index contributed by atoms with van der Waals surface area (Å²) in [5.41, 5.74) is 0. The van der Waals surface area contributed by atoms with Crippen molar-refractivity contribution in [3.05, 3.63) is 0 Å². The summed E-state index contributed by atoms with van der Waals surface area (Å²) in [5, 5.41) is 0. The lowest BCUT2D eigenvalue weighted by Crippen LogP contribution is -2.33. The first-order chi connectivity index (χ1) is 9.18. The van der Waals surface area contributed by atoms with Crippen LogP contribution in [-0.4, -0.2) is 48.6 Å². The zero-order chi connectivity index (χ0) is 14.3. The molecule has 0 saturated carbocycles. The van der Waals surface area contributed by atoms with Crippen LogP contribution in [0.15, 0.2) is 0 Å². The van der Waals surface area contributed by atoms with Gasteiger partial charge in [0.05, 0.1) is 0 Å². The first kappa shape index (κ1) is 17.0. The van der Waals surface area contributed by atoms with Crippen LogP contribution in [0.4, 0.5) is 0 Å². The normalized spacial score (nSPS) is 22.7. The van der Waals surface area contributed by atoms with Crippen LogP contribution in [0.2, 0.25) is 0 Å². The fourth-order valence-electron chi connectivity index (χ4n) is 3.04. The molecule has 1 saturated heterocycles. The average Bonchev–Trinajstić information content (AvgIpc) is 3.18. The number of hydrogen-bond acceptors (Lipinski definition) is 2. The Morgan fingerprint density at radius 1 is 0.947 bits per heavy atom. The minimum atomic E-state index is 0.856. The summed E-state index contributed by atoms with van der Waals surface area (Å²) in [4.78, 5) is 5.36. The maximum Gasteiger partial charge on any atom is 0.0351 e. The van der Waals surface area contributed by atoms with E-state index >= 15 is 0 Å². The van der Waals surface area contributed by atoms with Gasteiger partial charge in [0.1, 0.15) is 0 Å². The van der Waals surface area contributed by atoms with Gasteiger partial charge in [0.2, 0.25) is 0 Å². The molecule has 2 nitrogen and oxygen atoms in total. The highest BCUT2D eigenvalue weighted by Gasteiger charge is 2.35. The molecule has 0 bridgehead atoms. The van der Waals surface area contributed by atoms with Gasteiger partial charge in [-0.3, -0.25) is 4.90 Å². The van der Waals surface area contributed by atoms with Crippen molar-refractivity contribution in [3.8, 4) is 0 Å². The van der Waals surface area contributed by atoms with E-state index < -0.39 is 0 Å². The molecule has 1 aliphatic heterocycles. The average molecular weight is 268 g/mol. The molecule has 2 unspecified atom stereocenters. The molecule has 0 amide bonds. The van der Waals surface area contributed by atoms with E-state index in [1.54, 1.807) is 0 Å². The van der Waals surface area contributed by atoms with Crippen molar-refractivity contribution < 1.29 is 0 Å². The van der Waals surface area contributed by atoms with Crippen LogP contribution in [0, 0.1) is 11.8 Å². The molecule has 2 atom stereocenters. The predicted molar refractivity (Wildman–Crippen MR) is 85.6 cm³/mol. The van der Waals surface area contributed by atoms with Crippen LogP contribution in [0.3, 0.4) is 0 Å². The summed E-state index contributed by atoms with van der Waals surface area (Å²) < 4.78 is 0. The molecule has 1 heterocycles. The van der Waals surface area contributed by atoms with Gasteiger partial charge in [-0.2, -0.15) is 0 Å². The molecule has 0 aliphatic carbocycles. The number of nitrogens with zero attached hydrogens (tertiary/aromatic N) is 2. The van der Waals surface area contributed by atoms with E-state index in [0.29, 0.717) is 0 Å². The third-order valence-corrected chi connectivity index (χ3v) is 5.06. The minimum Gasteiger partial charge on any atom is -0.302 e. The van der Waals surface area contributed by atoms with Crippen LogP contribution < -0.4 is 0 Å². The molecule has 0 aromatic rings. The Morgan fingerprint density at radius 2 is 1.53 bits per heavy atom. The van der Waals surface area contributed by atoms with Gasteiger partial charge in [-0.15, -0.1) is 0 Å². The van der Waals surface area contributed by atoms with Crippen molar-refractivity contribution >= 4 is 0 Å². The maximum atomic E-state index is 2.69. The van der Waals surface area contributed by atoms with Gasteiger partial charge >= 0.3 is 0 Å². The first-order valence-corrected chi connectivity index (χ1v) is 8.64. The molecule has 1 rings (SSSR count). The molecule has 0 radical (unpaired) electrons. The molecule has 0 aromatic carbocycles. The van der Waals surface area contributed by atoms with E-state index in [0.717, 1.165) is 17.9 Å². The zero-order valence-corrected chi connectivity index (χ0v) is 14.0. The van der Waals surface area contributed by atoms with E-state index in [1.165, 1.54) is 58.4 Å². The number of likely N-dealkylation sites (N-methyl/N-ethyl adjacent to an activating group) is 1. The smallest absolute Gasteiger partial charge is 0.0351 e. The predicted octanol–water partition coefficient (Wildman–Crippen LogP) is 3.86. The van der Waals surface area contributed by atoms with E-state index in [2.05, 4.69) is 44.4 Å². The molecule has 1 aliphatic rings. The summed E-state index contributed by atoms with van der Waals surface area (Å²) in [7, 11) is 0. The highest BCUT2D eigenvalue weighted by Crippen LogP contribution is 2.23. The first-order valence-electron chi connectivity index (χ1n) is 8.64. The lowest BCUT2D eigenvalue weighted by Gasteiger charge is -2.25. The standard InChI is InChI=1S/C17H36N2/c1-6-15(7-2)11-18(10-5)13-17-14-19(17)12-16(8-3)9-4/h15-17H,6-14H2,1-5H3. The zero-order valence-electron chi connectivity index (χ0n) is 14.0. The molecule has 1 fully saturated rings. The van der Waals surface area contributed by atoms with Crippen LogP contribution in [0.1, 0.15) is 60.3 Å². The lowest BCUT2D eigenvalue weighted by molar-refractivity contribution is 0.222. The van der Waals surface area contributed by atoms with Gasteiger partial charge in [-0.05, 0) is 18.4 Å². The maximum absolute atomic E-state index is 2.69. The van der Waals surface area contributed by atoms with Crippen LogP contribution in [-0.2, 0) is 0 Å². The van der Waals surface area contributed by atoms with Crippen LogP contribution in [0.25, 0.3) is 0 Å². The number of hydrogen-bond donors (Lipinski definition) is 0. The summed E-state index contributed by atoms with van der Waals surface area (Å²) in [6, 6.07) is 0.856. The highest BCUT2D eigenvalue weighted by atomic mass is 15.3. The second kappa shape index (κ2) is 8.97. The van der Waals surface area contributed by atoms with E-state index in [4.69, 9.17) is 0 Å². The number of rotatable bonds is 11. The minimum absolute atomic E-state index is 0.856. The summed E-state index contributed by atoms with van der Waals surface area (Å²) in [5.74, 6) is 1.81. The van der Waals surface area contributed by atoms with Gasteiger partial charge in [0, 0.05) is 32.2 Å². The Labute approximate surface area is 121 Å². The van der Waals surface area contributed by atoms with Gasteiger partial charge in [0.25, 0.3) is 0 Å². The van der Waals surface area contributed by atoms with Gasteiger partial charge in [-0.1, -0.05) is 60.3 Å². The van der Waals surface area contributed by atoms with Crippen molar-refractivity contribution in [2.75, 3.05) is 32.7 Å². The fourth-order valence-corrected chi connectivity index (χ4v) is 3.04. The second-order valence-corrected chi connectivity index (χ2v) is 6.32. The van der Waals surface area contributed by atoms with Gasteiger partial charge in [-0.25, -0.2) is 0 Å². The van der Waals surface area contributed by atoms with Crippen LogP contribution in [0.5, 0.6) is 0 Å². The largest absolute Gasteiger partial charge is 0.302 e. The molecular weight excluding hydrogens is 232 g/mol. The van der Waals surface area contributed by atoms with Crippen molar-refractivity contribution in [1.29, 1.82) is 0 Å². The monoisotopic (exact) mass is 268 g/mol. The molecule has 114 valence electrons. The van der Waals surface area contributed by atoms with Crippen LogP contribution >= 0.6 is 0 Å². The van der Waals surface area contributed by atoms with Gasteiger partial charge < -0.3 is 4.90 Å². The Hall–Kier alpha value is -0.0800. The summed E-state index contributed by atoms with van der Waals surface area (Å²) in [6.07, 6.45) is 5.33. The fraction of sp³-hybridized carbons (Fsp3) is 1.00. The second-order valence-electron chi connectivity index (χ2n) is 6.32. The molecule has 0 N–H and O–H groups in total. The molecule has 0 aromatic heterocycles. The highest BCUT2D eigenvalue weighted by molar-refractivity contribution is 4.92. The summed E-state index contributed by atoms with van der Waals surface area (Å²) >= 11 is 0. The molecular formula is C17H36N2. The van der Waals surface area contributed by atoms with Crippen molar-refractivity contribution in [3.63, 3.8) is 0 Å². The van der Waals surface area contributed by atoms with Crippen molar-refractivity contribution in [2.24, 2.45) is 11.8 Å². The van der Waals surface area contributed by atoms with E-state index in [1.807, 2.05) is 0 Å².